The van der Waals surface area contributed by atoms with Crippen LogP contribution < -0.4 is 14.8 Å². The summed E-state index contributed by atoms with van der Waals surface area (Å²) in [6, 6.07) is 18.3. The molecule has 0 saturated carbocycles. The first-order chi connectivity index (χ1) is 18.1. The standard InChI is InChI=1S/C28H31Cl2N3O4S/c1-19-6-5-7-20(2)33(19)17-16-31-28(34)24-18-21(29)10-15-26(24)32-38(35,36)23-13-11-22(12-14-23)37-27-9-4-3-8-25(27)30/h3-4,8-15,18-20,32H,5-7,16-17H2,1-2H3,(H,31,34)/t19-,20-/m0/s1. The summed E-state index contributed by atoms with van der Waals surface area (Å²) in [7, 11) is -4.00. The van der Waals surface area contributed by atoms with Gasteiger partial charge in [0.1, 0.15) is 11.5 Å². The second kappa shape index (κ2) is 12.4. The molecule has 1 heterocycles. The van der Waals surface area contributed by atoms with Gasteiger partial charge in [-0.2, -0.15) is 0 Å². The number of nitrogens with zero attached hydrogens (tertiary/aromatic N) is 1. The number of carbonyl (C=O) groups is 1. The van der Waals surface area contributed by atoms with Gasteiger partial charge in [0.25, 0.3) is 15.9 Å². The molecule has 3 aromatic carbocycles. The molecule has 4 rings (SSSR count). The Balaban J connectivity index is 1.44. The normalized spacial score (nSPS) is 18.1. The average Bonchev–Trinajstić information content (AvgIpc) is 2.88. The zero-order valence-electron chi connectivity index (χ0n) is 21.3. The van der Waals surface area contributed by atoms with Gasteiger partial charge in [-0.1, -0.05) is 41.8 Å². The number of carbonyl (C=O) groups excluding carboxylic acids is 1. The molecule has 10 heteroatoms. The summed E-state index contributed by atoms with van der Waals surface area (Å²) >= 11 is 12.3. The lowest BCUT2D eigenvalue weighted by molar-refractivity contribution is 0.0889. The van der Waals surface area contributed by atoms with Crippen molar-refractivity contribution in [1.82, 2.24) is 10.2 Å². The summed E-state index contributed by atoms with van der Waals surface area (Å²) in [5.74, 6) is 0.496. The van der Waals surface area contributed by atoms with Gasteiger partial charge in [0, 0.05) is 30.2 Å². The van der Waals surface area contributed by atoms with Crippen LogP contribution in [0.5, 0.6) is 11.5 Å². The number of hydrogen-bond acceptors (Lipinski definition) is 5. The number of likely N-dealkylation sites (tertiary alicyclic amines) is 1. The third-order valence-electron chi connectivity index (χ3n) is 6.70. The molecule has 1 fully saturated rings. The fourth-order valence-corrected chi connectivity index (χ4v) is 6.07. The van der Waals surface area contributed by atoms with E-state index in [0.29, 0.717) is 40.2 Å². The molecule has 0 radical (unpaired) electrons. The van der Waals surface area contributed by atoms with Gasteiger partial charge in [-0.15, -0.1) is 0 Å². The number of anilines is 1. The van der Waals surface area contributed by atoms with E-state index in [9.17, 15) is 13.2 Å². The van der Waals surface area contributed by atoms with Crippen LogP contribution in [0, 0.1) is 0 Å². The number of sulfonamides is 1. The highest BCUT2D eigenvalue weighted by Crippen LogP contribution is 2.30. The van der Waals surface area contributed by atoms with Crippen molar-refractivity contribution in [2.75, 3.05) is 17.8 Å². The molecule has 202 valence electrons. The van der Waals surface area contributed by atoms with E-state index in [1.807, 2.05) is 0 Å². The smallest absolute Gasteiger partial charge is 0.261 e. The molecule has 0 unspecified atom stereocenters. The Morgan fingerprint density at radius 3 is 2.37 bits per heavy atom. The van der Waals surface area contributed by atoms with Gasteiger partial charge in [0.15, 0.2) is 0 Å². The van der Waals surface area contributed by atoms with Crippen molar-refractivity contribution in [2.45, 2.75) is 50.1 Å². The number of halogens is 2. The van der Waals surface area contributed by atoms with Gasteiger partial charge in [0.2, 0.25) is 0 Å². The maximum atomic E-state index is 13.1. The number of ether oxygens (including phenoxy) is 1. The van der Waals surface area contributed by atoms with Crippen LogP contribution in [0.2, 0.25) is 10.0 Å². The lowest BCUT2D eigenvalue weighted by atomic mass is 9.98. The van der Waals surface area contributed by atoms with E-state index in [-0.39, 0.29) is 16.1 Å². The number of rotatable bonds is 9. The van der Waals surface area contributed by atoms with Gasteiger partial charge in [-0.05, 0) is 81.3 Å². The largest absolute Gasteiger partial charge is 0.456 e. The minimum atomic E-state index is -4.00. The molecule has 0 spiro atoms. The first-order valence-electron chi connectivity index (χ1n) is 12.5. The summed E-state index contributed by atoms with van der Waals surface area (Å²) in [6.07, 6.45) is 3.51. The van der Waals surface area contributed by atoms with E-state index < -0.39 is 15.9 Å². The molecule has 1 aliphatic rings. The number of nitrogens with one attached hydrogen (secondary N) is 2. The second-order valence-electron chi connectivity index (χ2n) is 9.42. The van der Waals surface area contributed by atoms with Gasteiger partial charge in [-0.3, -0.25) is 14.4 Å². The zero-order valence-corrected chi connectivity index (χ0v) is 23.6. The lowest BCUT2D eigenvalue weighted by Crippen LogP contribution is -2.47. The van der Waals surface area contributed by atoms with E-state index in [2.05, 4.69) is 28.8 Å². The van der Waals surface area contributed by atoms with Crippen molar-refractivity contribution in [3.05, 3.63) is 82.3 Å². The zero-order chi connectivity index (χ0) is 27.3. The minimum Gasteiger partial charge on any atom is -0.456 e. The Bertz CT molecular complexity index is 1370. The predicted molar refractivity (Wildman–Crippen MR) is 152 cm³/mol. The number of piperidine rings is 1. The molecule has 0 aromatic heterocycles. The number of para-hydroxylation sites is 1. The molecule has 2 N–H and O–H groups in total. The SMILES string of the molecule is C[C@H]1CCC[C@H](C)N1CCNC(=O)c1cc(Cl)ccc1NS(=O)(=O)c1ccc(Oc2ccccc2Cl)cc1. The van der Waals surface area contributed by atoms with Crippen molar-refractivity contribution < 1.29 is 17.9 Å². The van der Waals surface area contributed by atoms with Crippen molar-refractivity contribution in [1.29, 1.82) is 0 Å². The molecule has 1 saturated heterocycles. The van der Waals surface area contributed by atoms with Gasteiger partial charge >= 0.3 is 0 Å². The molecule has 7 nitrogen and oxygen atoms in total. The van der Waals surface area contributed by atoms with E-state index >= 15 is 0 Å². The summed E-state index contributed by atoms with van der Waals surface area (Å²) < 4.78 is 34.5. The molecule has 1 amide bonds. The predicted octanol–water partition coefficient (Wildman–Crippen LogP) is 6.58. The molecule has 38 heavy (non-hydrogen) atoms. The van der Waals surface area contributed by atoms with E-state index in [1.165, 1.54) is 48.9 Å². The first kappa shape index (κ1) is 28.2. The molecular weight excluding hydrogens is 545 g/mol. The fourth-order valence-electron chi connectivity index (χ4n) is 4.65. The molecule has 2 atom stereocenters. The Labute approximate surface area is 234 Å². The third-order valence-corrected chi connectivity index (χ3v) is 8.63. The van der Waals surface area contributed by atoms with Gasteiger partial charge in [0.05, 0.1) is 21.2 Å². The maximum absolute atomic E-state index is 13.1. The van der Waals surface area contributed by atoms with Crippen LogP contribution in [0.3, 0.4) is 0 Å². The van der Waals surface area contributed by atoms with E-state index in [4.69, 9.17) is 27.9 Å². The Morgan fingerprint density at radius 1 is 1.00 bits per heavy atom. The molecule has 0 aliphatic carbocycles. The second-order valence-corrected chi connectivity index (χ2v) is 11.9. The van der Waals surface area contributed by atoms with Crippen LogP contribution in [0.4, 0.5) is 5.69 Å². The highest BCUT2D eigenvalue weighted by atomic mass is 35.5. The molecule has 0 bridgehead atoms. The quantitative estimate of drug-likeness (QED) is 0.301. The maximum Gasteiger partial charge on any atom is 0.261 e. The van der Waals surface area contributed by atoms with Crippen molar-refractivity contribution in [2.24, 2.45) is 0 Å². The topological polar surface area (TPSA) is 87.7 Å². The fraction of sp³-hybridized carbons (Fsp3) is 0.321. The monoisotopic (exact) mass is 575 g/mol. The molecule has 1 aliphatic heterocycles. The summed E-state index contributed by atoms with van der Waals surface area (Å²) in [5, 5.41) is 3.69. The summed E-state index contributed by atoms with van der Waals surface area (Å²) in [4.78, 5) is 15.4. The Kier molecular flexibility index (Phi) is 9.20. The van der Waals surface area contributed by atoms with Crippen LogP contribution >= 0.6 is 23.2 Å². The van der Waals surface area contributed by atoms with Crippen molar-refractivity contribution in [3.8, 4) is 11.5 Å². The van der Waals surface area contributed by atoms with E-state index in [0.717, 1.165) is 19.4 Å². The number of amides is 1. The van der Waals surface area contributed by atoms with Crippen LogP contribution in [0.15, 0.2) is 71.6 Å². The van der Waals surface area contributed by atoms with Gasteiger partial charge in [-0.25, -0.2) is 8.42 Å². The van der Waals surface area contributed by atoms with Crippen molar-refractivity contribution >= 4 is 44.8 Å². The Hall–Kier alpha value is -2.78. The number of hydrogen-bond donors (Lipinski definition) is 2. The van der Waals surface area contributed by atoms with Crippen LogP contribution in [-0.2, 0) is 10.0 Å². The lowest BCUT2D eigenvalue weighted by Gasteiger charge is -2.39. The molecule has 3 aromatic rings. The first-order valence-corrected chi connectivity index (χ1v) is 14.8. The summed E-state index contributed by atoms with van der Waals surface area (Å²) in [5.41, 5.74) is 0.294. The summed E-state index contributed by atoms with van der Waals surface area (Å²) in [6.45, 7) is 5.57. The van der Waals surface area contributed by atoms with Crippen molar-refractivity contribution in [3.63, 3.8) is 0 Å². The third kappa shape index (κ3) is 6.99. The number of benzene rings is 3. The van der Waals surface area contributed by atoms with Crippen LogP contribution in [0.25, 0.3) is 0 Å². The molecular formula is C28H31Cl2N3O4S. The minimum absolute atomic E-state index is 0.0124. The van der Waals surface area contributed by atoms with Crippen LogP contribution in [0.1, 0.15) is 43.5 Å². The van der Waals surface area contributed by atoms with Crippen LogP contribution in [-0.4, -0.2) is 44.4 Å². The Morgan fingerprint density at radius 2 is 1.68 bits per heavy atom. The highest BCUT2D eigenvalue weighted by Gasteiger charge is 2.25. The van der Waals surface area contributed by atoms with Gasteiger partial charge < -0.3 is 10.1 Å². The van der Waals surface area contributed by atoms with E-state index in [1.54, 1.807) is 24.3 Å². The highest BCUT2D eigenvalue weighted by molar-refractivity contribution is 7.92. The average molecular weight is 577 g/mol.